The summed E-state index contributed by atoms with van der Waals surface area (Å²) in [4.78, 5) is 12.7. The van der Waals surface area contributed by atoms with Gasteiger partial charge in [0.25, 0.3) is 0 Å². The zero-order valence-electron chi connectivity index (χ0n) is 15.3. The number of nitrogens with zero attached hydrogens (tertiary/aromatic N) is 1. The third-order valence-corrected chi connectivity index (χ3v) is 5.79. The average molecular weight is 414 g/mol. The van der Waals surface area contributed by atoms with E-state index in [4.69, 9.17) is 32.4 Å². The van der Waals surface area contributed by atoms with Gasteiger partial charge >= 0.3 is 5.97 Å². The third-order valence-electron chi connectivity index (χ3n) is 5.54. The number of nitriles is 1. The van der Waals surface area contributed by atoms with Crippen LogP contribution in [0.25, 0.3) is 21.9 Å². The Labute approximate surface area is 172 Å². The number of hydrogen-bond acceptors (Lipinski definition) is 4. The minimum Gasteiger partial charge on any atom is -0.456 e. The van der Waals surface area contributed by atoms with Crippen LogP contribution in [0.2, 0.25) is 0 Å². The van der Waals surface area contributed by atoms with Gasteiger partial charge in [-0.25, -0.2) is 0 Å². The van der Waals surface area contributed by atoms with Gasteiger partial charge in [-0.1, -0.05) is 73.4 Å². The Morgan fingerprint density at radius 2 is 1.93 bits per heavy atom. The minimum atomic E-state index is -1.07. The average Bonchev–Trinajstić information content (AvgIpc) is 3.00. The van der Waals surface area contributed by atoms with Gasteiger partial charge < -0.3 is 9.15 Å². The number of allylic oxidation sites excluding steroid dienone is 1. The van der Waals surface area contributed by atoms with Crippen molar-refractivity contribution in [2.24, 2.45) is 17.3 Å². The molecule has 1 aliphatic carbocycles. The summed E-state index contributed by atoms with van der Waals surface area (Å²) < 4.78 is 11.7. The monoisotopic (exact) mass is 413 g/mol. The second-order valence-electron chi connectivity index (χ2n) is 7.55. The largest absolute Gasteiger partial charge is 0.456 e. The maximum atomic E-state index is 12.7. The van der Waals surface area contributed by atoms with Gasteiger partial charge in [-0.15, -0.1) is 0 Å². The molecule has 4 nitrogen and oxygen atoms in total. The summed E-state index contributed by atoms with van der Waals surface area (Å²) in [5.41, 5.74) is 1.49. The number of esters is 1. The zero-order chi connectivity index (χ0) is 20.1. The highest BCUT2D eigenvalue weighted by Crippen LogP contribution is 2.60. The minimum absolute atomic E-state index is 0.119. The van der Waals surface area contributed by atoms with Crippen LogP contribution in [0.3, 0.4) is 0 Å². The van der Waals surface area contributed by atoms with Crippen molar-refractivity contribution in [3.05, 3.63) is 58.6 Å². The zero-order valence-corrected chi connectivity index (χ0v) is 16.8. The first-order valence-electron chi connectivity index (χ1n) is 8.87. The molecule has 28 heavy (non-hydrogen) atoms. The summed E-state index contributed by atoms with van der Waals surface area (Å²) in [6.45, 7) is 3.89. The van der Waals surface area contributed by atoms with Crippen LogP contribution >= 0.6 is 23.2 Å². The maximum Gasteiger partial charge on any atom is 0.311 e. The normalized spacial score (nSPS) is 21.1. The van der Waals surface area contributed by atoms with Crippen LogP contribution in [-0.4, -0.2) is 5.97 Å². The number of rotatable bonds is 4. The van der Waals surface area contributed by atoms with E-state index in [-0.39, 0.29) is 15.8 Å². The summed E-state index contributed by atoms with van der Waals surface area (Å²) in [5, 5.41) is 11.5. The lowest BCUT2D eigenvalue weighted by Gasteiger charge is -2.12. The molecule has 1 fully saturated rings. The summed E-state index contributed by atoms with van der Waals surface area (Å²) in [6, 6.07) is 15.2. The van der Waals surface area contributed by atoms with E-state index >= 15 is 0 Å². The number of furan rings is 1. The standard InChI is InChI=1S/C22H17Cl2NO3/c1-22(2)15(10-18(23)24)19(22)21(26)28-17(11-25)14-8-5-7-13-12-6-3-4-9-16(12)27-20(13)14/h3-10,15,17,19H,1-2H3. The van der Waals surface area contributed by atoms with Crippen LogP contribution in [0, 0.1) is 28.6 Å². The first kappa shape index (κ1) is 18.9. The van der Waals surface area contributed by atoms with E-state index in [1.165, 1.54) is 0 Å². The molecule has 0 radical (unpaired) electrons. The third kappa shape index (κ3) is 3.05. The Morgan fingerprint density at radius 3 is 2.64 bits per heavy atom. The second kappa shape index (κ2) is 6.84. The van der Waals surface area contributed by atoms with Crippen LogP contribution in [0.4, 0.5) is 0 Å². The topological polar surface area (TPSA) is 63.2 Å². The van der Waals surface area contributed by atoms with Crippen LogP contribution in [0.1, 0.15) is 25.5 Å². The van der Waals surface area contributed by atoms with Gasteiger partial charge in [-0.2, -0.15) is 5.26 Å². The molecule has 3 unspecified atom stereocenters. The summed E-state index contributed by atoms with van der Waals surface area (Å²) in [6.07, 6.45) is 0.584. The molecule has 0 spiro atoms. The Morgan fingerprint density at radius 1 is 1.21 bits per heavy atom. The van der Waals surface area contributed by atoms with Crippen molar-refractivity contribution in [3.63, 3.8) is 0 Å². The number of hydrogen-bond donors (Lipinski definition) is 0. The van der Waals surface area contributed by atoms with Crippen molar-refractivity contribution >= 4 is 51.1 Å². The second-order valence-corrected chi connectivity index (χ2v) is 8.56. The molecule has 3 aromatic rings. The van der Waals surface area contributed by atoms with E-state index in [1.807, 2.05) is 50.2 Å². The van der Waals surface area contributed by atoms with Crippen LogP contribution in [0.5, 0.6) is 0 Å². The predicted molar refractivity (Wildman–Crippen MR) is 109 cm³/mol. The molecule has 0 aliphatic heterocycles. The summed E-state index contributed by atoms with van der Waals surface area (Å²) in [7, 11) is 0. The van der Waals surface area contributed by atoms with Crippen molar-refractivity contribution in [2.75, 3.05) is 0 Å². The fraction of sp³-hybridized carbons (Fsp3) is 0.273. The molecule has 142 valence electrons. The molecule has 1 heterocycles. The highest BCUT2D eigenvalue weighted by atomic mass is 35.5. The fourth-order valence-electron chi connectivity index (χ4n) is 3.90. The molecule has 0 bridgehead atoms. The van der Waals surface area contributed by atoms with Crippen molar-refractivity contribution < 1.29 is 13.9 Å². The van der Waals surface area contributed by atoms with Gasteiger partial charge in [0.1, 0.15) is 21.7 Å². The molecule has 1 saturated carbocycles. The van der Waals surface area contributed by atoms with E-state index in [0.717, 1.165) is 16.4 Å². The number of carbonyl (C=O) groups is 1. The van der Waals surface area contributed by atoms with E-state index < -0.39 is 18.0 Å². The molecule has 0 N–H and O–H groups in total. The highest BCUT2D eigenvalue weighted by Gasteiger charge is 2.62. The summed E-state index contributed by atoms with van der Waals surface area (Å²) in [5.74, 6) is -0.961. The lowest BCUT2D eigenvalue weighted by Crippen LogP contribution is -2.14. The molecular weight excluding hydrogens is 397 g/mol. The molecule has 1 aliphatic rings. The van der Waals surface area contributed by atoms with Crippen molar-refractivity contribution in [1.82, 2.24) is 0 Å². The van der Waals surface area contributed by atoms with E-state index in [2.05, 4.69) is 6.07 Å². The molecule has 0 saturated heterocycles. The quantitative estimate of drug-likeness (QED) is 0.471. The first-order chi connectivity index (χ1) is 13.3. The molecule has 1 aromatic heterocycles. The Bertz CT molecular complexity index is 1150. The van der Waals surface area contributed by atoms with Gasteiger partial charge in [0.05, 0.1) is 11.5 Å². The van der Waals surface area contributed by atoms with Gasteiger partial charge in [0.15, 0.2) is 0 Å². The van der Waals surface area contributed by atoms with Crippen LogP contribution < -0.4 is 0 Å². The Balaban J connectivity index is 1.66. The number of halogens is 2. The Kier molecular flexibility index (Phi) is 4.61. The Hall–Kier alpha value is -2.48. The van der Waals surface area contributed by atoms with Crippen LogP contribution in [0.15, 0.2) is 57.4 Å². The van der Waals surface area contributed by atoms with Crippen molar-refractivity contribution in [3.8, 4) is 6.07 Å². The van der Waals surface area contributed by atoms with E-state index in [0.29, 0.717) is 11.1 Å². The number of ether oxygens (including phenoxy) is 1. The highest BCUT2D eigenvalue weighted by molar-refractivity contribution is 6.55. The molecule has 2 aromatic carbocycles. The lowest BCUT2D eigenvalue weighted by atomic mass is 10.1. The molecule has 0 amide bonds. The summed E-state index contributed by atoms with van der Waals surface area (Å²) >= 11 is 11.5. The number of para-hydroxylation sites is 2. The van der Waals surface area contributed by atoms with Gasteiger partial charge in [-0.3, -0.25) is 4.79 Å². The predicted octanol–water partition coefficient (Wildman–Crippen LogP) is 6.29. The van der Waals surface area contributed by atoms with Gasteiger partial charge in [0.2, 0.25) is 6.10 Å². The fourth-order valence-corrected chi connectivity index (χ4v) is 4.17. The lowest BCUT2D eigenvalue weighted by molar-refractivity contribution is -0.149. The van der Waals surface area contributed by atoms with E-state index in [9.17, 15) is 10.1 Å². The van der Waals surface area contributed by atoms with E-state index in [1.54, 1.807) is 12.1 Å². The number of benzene rings is 2. The molecule has 3 atom stereocenters. The maximum absolute atomic E-state index is 12.7. The number of fused-ring (bicyclic) bond motifs is 3. The van der Waals surface area contributed by atoms with Crippen molar-refractivity contribution in [2.45, 2.75) is 20.0 Å². The number of carbonyl (C=O) groups excluding carboxylic acids is 1. The molecule has 4 rings (SSSR count). The first-order valence-corrected chi connectivity index (χ1v) is 9.63. The van der Waals surface area contributed by atoms with Gasteiger partial charge in [-0.05, 0) is 23.5 Å². The molecule has 6 heteroatoms. The van der Waals surface area contributed by atoms with Crippen molar-refractivity contribution in [1.29, 1.82) is 5.26 Å². The SMILES string of the molecule is CC1(C)C(C=C(Cl)Cl)C1C(=O)OC(C#N)c1cccc2c1oc1ccccc12. The molecular formula is C22H17Cl2NO3. The smallest absolute Gasteiger partial charge is 0.311 e. The van der Waals surface area contributed by atoms with Gasteiger partial charge in [0, 0.05) is 10.8 Å². The van der Waals surface area contributed by atoms with Crippen LogP contribution in [-0.2, 0) is 9.53 Å².